The van der Waals surface area contributed by atoms with Crippen LogP contribution in [0.4, 0.5) is 0 Å². The summed E-state index contributed by atoms with van der Waals surface area (Å²) in [5, 5.41) is 9.04. The Hall–Kier alpha value is -0.860. The van der Waals surface area contributed by atoms with E-state index in [9.17, 15) is 0 Å². The zero-order valence-corrected chi connectivity index (χ0v) is 8.90. The molecule has 1 unspecified atom stereocenters. The van der Waals surface area contributed by atoms with Gasteiger partial charge in [-0.3, -0.25) is 0 Å². The Morgan fingerprint density at radius 2 is 1.93 bits per heavy atom. The van der Waals surface area contributed by atoms with Gasteiger partial charge in [-0.15, -0.1) is 0 Å². The van der Waals surface area contributed by atoms with E-state index in [0.29, 0.717) is 5.92 Å². The Kier molecular flexibility index (Phi) is 4.63. The van der Waals surface area contributed by atoms with Crippen molar-refractivity contribution in [3.05, 3.63) is 35.9 Å². The molecule has 0 saturated carbocycles. The van der Waals surface area contributed by atoms with Crippen LogP contribution in [-0.2, 0) is 6.42 Å². The molecule has 2 nitrogen and oxygen atoms in total. The SMILES string of the molecule is CCC(C)[C@H](Cc1ccccc1)NO. The summed E-state index contributed by atoms with van der Waals surface area (Å²) in [6, 6.07) is 10.4. The van der Waals surface area contributed by atoms with Crippen LogP contribution in [0.3, 0.4) is 0 Å². The Balaban J connectivity index is 2.57. The maximum Gasteiger partial charge on any atom is 0.0385 e. The molecular weight excluding hydrogens is 174 g/mol. The van der Waals surface area contributed by atoms with E-state index in [0.717, 1.165) is 12.8 Å². The zero-order chi connectivity index (χ0) is 10.4. The second kappa shape index (κ2) is 5.78. The Labute approximate surface area is 85.9 Å². The van der Waals surface area contributed by atoms with Crippen molar-refractivity contribution >= 4 is 0 Å². The average Bonchev–Trinajstić information content (AvgIpc) is 2.26. The lowest BCUT2D eigenvalue weighted by Gasteiger charge is -2.21. The van der Waals surface area contributed by atoms with E-state index in [-0.39, 0.29) is 6.04 Å². The quantitative estimate of drug-likeness (QED) is 0.704. The molecule has 0 bridgehead atoms. The number of hydrogen-bond donors (Lipinski definition) is 2. The summed E-state index contributed by atoms with van der Waals surface area (Å²) < 4.78 is 0. The van der Waals surface area contributed by atoms with Crippen molar-refractivity contribution in [2.24, 2.45) is 5.92 Å². The maximum absolute atomic E-state index is 9.04. The van der Waals surface area contributed by atoms with E-state index in [1.165, 1.54) is 5.56 Å². The van der Waals surface area contributed by atoms with Crippen molar-refractivity contribution in [2.75, 3.05) is 0 Å². The highest BCUT2D eigenvalue weighted by atomic mass is 16.5. The smallest absolute Gasteiger partial charge is 0.0385 e. The topological polar surface area (TPSA) is 32.3 Å². The van der Waals surface area contributed by atoms with E-state index in [2.05, 4.69) is 31.5 Å². The molecule has 14 heavy (non-hydrogen) atoms. The summed E-state index contributed by atoms with van der Waals surface area (Å²) in [4.78, 5) is 0. The highest BCUT2D eigenvalue weighted by molar-refractivity contribution is 5.15. The summed E-state index contributed by atoms with van der Waals surface area (Å²) in [7, 11) is 0. The normalized spacial score (nSPS) is 15.1. The van der Waals surface area contributed by atoms with E-state index >= 15 is 0 Å². The molecule has 0 saturated heterocycles. The molecule has 0 aliphatic heterocycles. The van der Waals surface area contributed by atoms with Crippen LogP contribution >= 0.6 is 0 Å². The molecule has 0 aromatic heterocycles. The molecule has 0 aliphatic carbocycles. The van der Waals surface area contributed by atoms with Crippen LogP contribution in [0.5, 0.6) is 0 Å². The van der Waals surface area contributed by atoms with Crippen LogP contribution in [-0.4, -0.2) is 11.2 Å². The number of rotatable bonds is 5. The molecular formula is C12H19NO. The summed E-state index contributed by atoms with van der Waals surface area (Å²) in [5.41, 5.74) is 3.66. The van der Waals surface area contributed by atoms with E-state index in [1.54, 1.807) is 0 Å². The number of hydroxylamine groups is 1. The Bertz CT molecular complexity index is 248. The van der Waals surface area contributed by atoms with Crippen LogP contribution in [0.2, 0.25) is 0 Å². The van der Waals surface area contributed by atoms with Gasteiger partial charge in [0.25, 0.3) is 0 Å². The van der Waals surface area contributed by atoms with Crippen LogP contribution in [0.15, 0.2) is 30.3 Å². The average molecular weight is 193 g/mol. The fourth-order valence-corrected chi connectivity index (χ4v) is 1.53. The highest BCUT2D eigenvalue weighted by Crippen LogP contribution is 2.12. The van der Waals surface area contributed by atoms with Gasteiger partial charge in [-0.1, -0.05) is 50.6 Å². The van der Waals surface area contributed by atoms with Crippen molar-refractivity contribution in [3.63, 3.8) is 0 Å². The van der Waals surface area contributed by atoms with Crippen LogP contribution in [0.25, 0.3) is 0 Å². The lowest BCUT2D eigenvalue weighted by atomic mass is 9.94. The molecule has 1 aromatic rings. The molecule has 78 valence electrons. The fourth-order valence-electron chi connectivity index (χ4n) is 1.53. The van der Waals surface area contributed by atoms with Gasteiger partial charge in [-0.2, -0.15) is 0 Å². The first-order valence-corrected chi connectivity index (χ1v) is 5.21. The van der Waals surface area contributed by atoms with Crippen LogP contribution in [0.1, 0.15) is 25.8 Å². The highest BCUT2D eigenvalue weighted by Gasteiger charge is 2.14. The van der Waals surface area contributed by atoms with Gasteiger partial charge in [0, 0.05) is 6.04 Å². The van der Waals surface area contributed by atoms with Crippen LogP contribution in [0, 0.1) is 5.92 Å². The standard InChI is InChI=1S/C12H19NO/c1-3-10(2)12(13-14)9-11-7-5-4-6-8-11/h4-8,10,12-14H,3,9H2,1-2H3/t10?,12-/m0/s1. The predicted molar refractivity (Wildman–Crippen MR) is 58.3 cm³/mol. The van der Waals surface area contributed by atoms with Gasteiger partial charge in [0.05, 0.1) is 0 Å². The first kappa shape index (κ1) is 11.2. The van der Waals surface area contributed by atoms with E-state index < -0.39 is 0 Å². The molecule has 1 rings (SSSR count). The number of hydrogen-bond acceptors (Lipinski definition) is 2. The van der Waals surface area contributed by atoms with Gasteiger partial charge in [0.2, 0.25) is 0 Å². The van der Waals surface area contributed by atoms with E-state index in [1.807, 2.05) is 18.2 Å². The summed E-state index contributed by atoms with van der Waals surface area (Å²) in [5.74, 6) is 0.486. The van der Waals surface area contributed by atoms with Gasteiger partial charge in [-0.05, 0) is 17.9 Å². The molecule has 0 amide bonds. The lowest BCUT2D eigenvalue weighted by Crippen LogP contribution is -2.34. The van der Waals surface area contributed by atoms with Gasteiger partial charge in [0.1, 0.15) is 0 Å². The predicted octanol–water partition coefficient (Wildman–Crippen LogP) is 2.62. The largest absolute Gasteiger partial charge is 0.317 e. The van der Waals surface area contributed by atoms with Crippen molar-refractivity contribution in [2.45, 2.75) is 32.7 Å². The number of benzene rings is 1. The molecule has 0 fully saturated rings. The molecule has 0 radical (unpaired) electrons. The molecule has 0 heterocycles. The molecule has 0 aliphatic rings. The molecule has 2 N–H and O–H groups in total. The summed E-state index contributed by atoms with van der Waals surface area (Å²) in [6.45, 7) is 4.29. The first-order chi connectivity index (χ1) is 6.77. The minimum atomic E-state index is 0.155. The molecule has 0 spiro atoms. The third-order valence-corrected chi connectivity index (χ3v) is 2.80. The molecule has 1 aromatic carbocycles. The Morgan fingerprint density at radius 1 is 1.29 bits per heavy atom. The van der Waals surface area contributed by atoms with Crippen LogP contribution < -0.4 is 5.48 Å². The van der Waals surface area contributed by atoms with Crippen molar-refractivity contribution < 1.29 is 5.21 Å². The van der Waals surface area contributed by atoms with Gasteiger partial charge >= 0.3 is 0 Å². The number of nitrogens with one attached hydrogen (secondary N) is 1. The zero-order valence-electron chi connectivity index (χ0n) is 8.90. The molecule has 2 heteroatoms. The third-order valence-electron chi connectivity index (χ3n) is 2.80. The second-order valence-electron chi connectivity index (χ2n) is 3.81. The van der Waals surface area contributed by atoms with Gasteiger partial charge in [0.15, 0.2) is 0 Å². The first-order valence-electron chi connectivity index (χ1n) is 5.21. The summed E-state index contributed by atoms with van der Waals surface area (Å²) in [6.07, 6.45) is 1.96. The molecule has 2 atom stereocenters. The van der Waals surface area contributed by atoms with Crippen molar-refractivity contribution in [1.29, 1.82) is 0 Å². The second-order valence-corrected chi connectivity index (χ2v) is 3.81. The van der Waals surface area contributed by atoms with Crippen molar-refractivity contribution in [1.82, 2.24) is 5.48 Å². The van der Waals surface area contributed by atoms with Gasteiger partial charge in [-0.25, -0.2) is 5.48 Å². The van der Waals surface area contributed by atoms with E-state index in [4.69, 9.17) is 5.21 Å². The fraction of sp³-hybridized carbons (Fsp3) is 0.500. The van der Waals surface area contributed by atoms with Crippen molar-refractivity contribution in [3.8, 4) is 0 Å². The summed E-state index contributed by atoms with van der Waals surface area (Å²) >= 11 is 0. The minimum absolute atomic E-state index is 0.155. The van der Waals surface area contributed by atoms with Gasteiger partial charge < -0.3 is 5.21 Å². The minimum Gasteiger partial charge on any atom is -0.317 e. The Morgan fingerprint density at radius 3 is 2.43 bits per heavy atom. The monoisotopic (exact) mass is 193 g/mol. The lowest BCUT2D eigenvalue weighted by molar-refractivity contribution is 0.0993. The maximum atomic E-state index is 9.04. The third kappa shape index (κ3) is 3.13.